The largest absolute Gasteiger partial charge is 0.478 e. The average Bonchev–Trinajstić information content (AvgIpc) is 2.43. The molecule has 2 aromatic rings. The second-order valence-corrected chi connectivity index (χ2v) is 5.89. The summed E-state index contributed by atoms with van der Waals surface area (Å²) in [6.07, 6.45) is 0. The monoisotopic (exact) mass is 391 g/mol. The number of carboxylic acids is 1. The van der Waals surface area contributed by atoms with Crippen LogP contribution < -0.4 is 5.32 Å². The van der Waals surface area contributed by atoms with E-state index < -0.39 is 11.8 Å². The van der Waals surface area contributed by atoms with E-state index in [0.717, 1.165) is 5.56 Å². The van der Waals surface area contributed by atoms with Gasteiger partial charge in [-0.1, -0.05) is 45.2 Å². The van der Waals surface area contributed by atoms with Crippen LogP contribution in [0, 0.1) is 5.82 Å². The lowest BCUT2D eigenvalue weighted by Crippen LogP contribution is -2.03. The number of benzene rings is 2. The van der Waals surface area contributed by atoms with Crippen molar-refractivity contribution >= 4 is 50.8 Å². The topological polar surface area (TPSA) is 49.3 Å². The van der Waals surface area contributed by atoms with Crippen LogP contribution in [0.15, 0.2) is 34.8 Å². The van der Waals surface area contributed by atoms with Crippen molar-refractivity contribution in [3.63, 3.8) is 0 Å². The van der Waals surface area contributed by atoms with E-state index in [1.165, 1.54) is 24.3 Å². The molecule has 2 N–H and O–H groups in total. The van der Waals surface area contributed by atoms with Crippen molar-refractivity contribution in [3.05, 3.63) is 61.8 Å². The maximum absolute atomic E-state index is 13.3. The number of rotatable bonds is 4. The Hall–Kier alpha value is -1.30. The summed E-state index contributed by atoms with van der Waals surface area (Å²) in [4.78, 5) is 10.8. The molecular weight excluding hydrogens is 384 g/mol. The highest BCUT2D eigenvalue weighted by molar-refractivity contribution is 9.10. The maximum Gasteiger partial charge on any atom is 0.335 e. The minimum absolute atomic E-state index is 0.0645. The van der Waals surface area contributed by atoms with Crippen LogP contribution >= 0.6 is 39.1 Å². The van der Waals surface area contributed by atoms with Gasteiger partial charge in [-0.3, -0.25) is 0 Å². The molecule has 0 fully saturated rings. The van der Waals surface area contributed by atoms with E-state index in [0.29, 0.717) is 16.7 Å². The summed E-state index contributed by atoms with van der Waals surface area (Å²) in [5, 5.41) is 11.8. The molecule has 2 aromatic carbocycles. The lowest BCUT2D eigenvalue weighted by atomic mass is 10.1. The molecule has 2 rings (SSSR count). The van der Waals surface area contributed by atoms with Crippen LogP contribution in [0.3, 0.4) is 0 Å². The molecule has 0 aliphatic heterocycles. The van der Waals surface area contributed by atoms with Crippen LogP contribution in [0.1, 0.15) is 15.9 Å². The van der Waals surface area contributed by atoms with Gasteiger partial charge >= 0.3 is 5.97 Å². The third kappa shape index (κ3) is 3.87. The van der Waals surface area contributed by atoms with Crippen molar-refractivity contribution in [2.45, 2.75) is 6.54 Å². The first kappa shape index (κ1) is 16.1. The summed E-state index contributed by atoms with van der Waals surface area (Å²) >= 11 is 14.7. The fourth-order valence-electron chi connectivity index (χ4n) is 1.68. The quantitative estimate of drug-likeness (QED) is 0.702. The molecule has 0 atom stereocenters. The smallest absolute Gasteiger partial charge is 0.335 e. The number of aromatic carboxylic acids is 1. The highest BCUT2D eigenvalue weighted by atomic mass is 79.9. The molecule has 0 spiro atoms. The van der Waals surface area contributed by atoms with Crippen molar-refractivity contribution in [2.24, 2.45) is 0 Å². The molecule has 21 heavy (non-hydrogen) atoms. The highest BCUT2D eigenvalue weighted by Gasteiger charge is 2.09. The van der Waals surface area contributed by atoms with Gasteiger partial charge in [-0.15, -0.1) is 0 Å². The molecule has 0 radical (unpaired) electrons. The zero-order valence-corrected chi connectivity index (χ0v) is 13.6. The minimum atomic E-state index is -0.993. The van der Waals surface area contributed by atoms with Gasteiger partial charge in [0.1, 0.15) is 0 Å². The number of hydrogen-bond acceptors (Lipinski definition) is 2. The van der Waals surface area contributed by atoms with Crippen LogP contribution in [0.25, 0.3) is 0 Å². The Morgan fingerprint density at radius 2 is 1.86 bits per heavy atom. The number of nitrogens with one attached hydrogen (secondary N) is 1. The summed E-state index contributed by atoms with van der Waals surface area (Å²) in [5.41, 5.74) is 1.61. The Bertz CT molecular complexity index is 686. The molecule has 0 heterocycles. The van der Waals surface area contributed by atoms with Crippen molar-refractivity contribution in [1.29, 1.82) is 0 Å². The first-order chi connectivity index (χ1) is 9.88. The summed E-state index contributed by atoms with van der Waals surface area (Å²) in [7, 11) is 0. The molecule has 0 amide bonds. The molecule has 0 saturated carbocycles. The Labute approximate surface area is 138 Å². The fraction of sp³-hybridized carbons (Fsp3) is 0.0714. The Morgan fingerprint density at radius 3 is 2.38 bits per heavy atom. The number of halogens is 4. The van der Waals surface area contributed by atoms with E-state index >= 15 is 0 Å². The summed E-state index contributed by atoms with van der Waals surface area (Å²) in [6.45, 7) is 0.402. The molecule has 0 saturated heterocycles. The van der Waals surface area contributed by atoms with Crippen LogP contribution in [-0.2, 0) is 6.54 Å². The summed E-state index contributed by atoms with van der Waals surface area (Å²) in [5.74, 6) is -1.65. The molecule has 0 bridgehead atoms. The SMILES string of the molecule is O=C(O)c1ccc(CNc2cc(Cl)c(F)c(Cl)c2)c(Br)c1. The van der Waals surface area contributed by atoms with Gasteiger partial charge in [-0.05, 0) is 29.8 Å². The molecule has 0 aliphatic carbocycles. The van der Waals surface area contributed by atoms with E-state index in [1.807, 2.05) is 0 Å². The van der Waals surface area contributed by atoms with E-state index in [1.54, 1.807) is 6.07 Å². The molecule has 3 nitrogen and oxygen atoms in total. The number of hydrogen-bond donors (Lipinski definition) is 2. The average molecular weight is 393 g/mol. The third-order valence-electron chi connectivity index (χ3n) is 2.77. The summed E-state index contributed by atoms with van der Waals surface area (Å²) in [6, 6.07) is 7.58. The van der Waals surface area contributed by atoms with Crippen LogP contribution in [-0.4, -0.2) is 11.1 Å². The van der Waals surface area contributed by atoms with E-state index in [9.17, 15) is 9.18 Å². The van der Waals surface area contributed by atoms with Crippen molar-refractivity contribution in [1.82, 2.24) is 0 Å². The van der Waals surface area contributed by atoms with Gasteiger partial charge in [0, 0.05) is 16.7 Å². The second-order valence-electron chi connectivity index (χ2n) is 4.22. The molecule has 0 aromatic heterocycles. The van der Waals surface area contributed by atoms with Gasteiger partial charge in [0.2, 0.25) is 0 Å². The normalized spacial score (nSPS) is 10.5. The third-order valence-corrected chi connectivity index (χ3v) is 4.06. The Balaban J connectivity index is 2.15. The predicted molar refractivity (Wildman–Crippen MR) is 84.8 cm³/mol. The van der Waals surface area contributed by atoms with Gasteiger partial charge in [0.05, 0.1) is 15.6 Å². The summed E-state index contributed by atoms with van der Waals surface area (Å²) < 4.78 is 14.0. The van der Waals surface area contributed by atoms with Crippen LogP contribution in [0.5, 0.6) is 0 Å². The lowest BCUT2D eigenvalue weighted by molar-refractivity contribution is 0.0697. The first-order valence-corrected chi connectivity index (χ1v) is 7.33. The molecule has 7 heteroatoms. The van der Waals surface area contributed by atoms with Crippen LogP contribution in [0.4, 0.5) is 10.1 Å². The molecule has 110 valence electrons. The molecule has 0 aliphatic rings. The zero-order chi connectivity index (χ0) is 15.6. The van der Waals surface area contributed by atoms with Crippen LogP contribution in [0.2, 0.25) is 10.0 Å². The number of anilines is 1. The second kappa shape index (κ2) is 6.64. The van der Waals surface area contributed by atoms with Gasteiger partial charge < -0.3 is 10.4 Å². The lowest BCUT2D eigenvalue weighted by Gasteiger charge is -2.10. The van der Waals surface area contributed by atoms with Gasteiger partial charge in [0.15, 0.2) is 5.82 Å². The van der Waals surface area contributed by atoms with Gasteiger partial charge in [-0.2, -0.15) is 0 Å². The maximum atomic E-state index is 13.3. The predicted octanol–water partition coefficient (Wildman–Crippen LogP) is 5.21. The highest BCUT2D eigenvalue weighted by Crippen LogP contribution is 2.28. The van der Waals surface area contributed by atoms with Crippen molar-refractivity contribution in [2.75, 3.05) is 5.32 Å². The fourth-order valence-corrected chi connectivity index (χ4v) is 2.68. The van der Waals surface area contributed by atoms with Gasteiger partial charge in [-0.25, -0.2) is 9.18 Å². The van der Waals surface area contributed by atoms with E-state index in [2.05, 4.69) is 21.2 Å². The van der Waals surface area contributed by atoms with E-state index in [-0.39, 0.29) is 15.6 Å². The number of carbonyl (C=O) groups is 1. The van der Waals surface area contributed by atoms with Gasteiger partial charge in [0.25, 0.3) is 0 Å². The zero-order valence-electron chi connectivity index (χ0n) is 10.5. The molecular formula is C14H9BrCl2FNO2. The Morgan fingerprint density at radius 1 is 1.24 bits per heavy atom. The van der Waals surface area contributed by atoms with Crippen molar-refractivity contribution < 1.29 is 14.3 Å². The van der Waals surface area contributed by atoms with E-state index in [4.69, 9.17) is 28.3 Å². The Kier molecular flexibility index (Phi) is 5.08. The number of carboxylic acid groups (broad SMARTS) is 1. The first-order valence-electron chi connectivity index (χ1n) is 5.78. The molecule has 0 unspecified atom stereocenters. The standard InChI is InChI=1S/C14H9BrCl2FNO2/c15-10-3-7(14(20)21)1-2-8(10)6-19-9-4-11(16)13(18)12(17)5-9/h1-5,19H,6H2,(H,20,21). The van der Waals surface area contributed by atoms with Crippen molar-refractivity contribution in [3.8, 4) is 0 Å². The minimum Gasteiger partial charge on any atom is -0.478 e.